The molecular weight excluding hydrogens is 192 g/mol. The van der Waals surface area contributed by atoms with Gasteiger partial charge in [-0.3, -0.25) is 0 Å². The van der Waals surface area contributed by atoms with E-state index in [9.17, 15) is 8.42 Å². The summed E-state index contributed by atoms with van der Waals surface area (Å²) >= 11 is 0. The van der Waals surface area contributed by atoms with E-state index in [-0.39, 0.29) is 18.7 Å². The molecule has 1 atom stereocenters. The highest BCUT2D eigenvalue weighted by Crippen LogP contribution is 2.19. The van der Waals surface area contributed by atoms with E-state index in [0.29, 0.717) is 6.42 Å². The Kier molecular flexibility index (Phi) is 3.66. The van der Waals surface area contributed by atoms with Gasteiger partial charge in [-0.05, 0) is 19.3 Å². The standard InChI is InChI=1S/C7H16N2O3S/c1-2-6(5-10)8-13(11,12)9-7-3-4-7/h6-10H,2-5H2,1H3/t6-/m0/s1. The zero-order valence-corrected chi connectivity index (χ0v) is 8.47. The molecule has 0 radical (unpaired) electrons. The van der Waals surface area contributed by atoms with Gasteiger partial charge in [-0.1, -0.05) is 6.92 Å². The van der Waals surface area contributed by atoms with Gasteiger partial charge in [0.25, 0.3) is 10.2 Å². The Morgan fingerprint density at radius 2 is 2.15 bits per heavy atom. The van der Waals surface area contributed by atoms with Crippen LogP contribution in [0.15, 0.2) is 0 Å². The van der Waals surface area contributed by atoms with E-state index in [1.54, 1.807) is 0 Å². The maximum Gasteiger partial charge on any atom is 0.277 e. The molecule has 78 valence electrons. The Bertz CT molecular complexity index is 244. The second-order valence-corrected chi connectivity index (χ2v) is 4.78. The molecule has 5 nitrogen and oxygen atoms in total. The van der Waals surface area contributed by atoms with Crippen molar-refractivity contribution in [3.05, 3.63) is 0 Å². The SMILES string of the molecule is CC[C@@H](CO)NS(=O)(=O)NC1CC1. The lowest BCUT2D eigenvalue weighted by Gasteiger charge is -2.14. The third-order valence-corrected chi connectivity index (χ3v) is 3.22. The van der Waals surface area contributed by atoms with E-state index in [1.807, 2.05) is 6.92 Å². The Morgan fingerprint density at radius 1 is 1.54 bits per heavy atom. The number of hydrogen-bond acceptors (Lipinski definition) is 3. The lowest BCUT2D eigenvalue weighted by atomic mass is 10.3. The van der Waals surface area contributed by atoms with Crippen LogP contribution in [0.1, 0.15) is 26.2 Å². The molecule has 0 unspecified atom stereocenters. The van der Waals surface area contributed by atoms with Crippen molar-refractivity contribution in [2.75, 3.05) is 6.61 Å². The fourth-order valence-corrected chi connectivity index (χ4v) is 2.35. The van der Waals surface area contributed by atoms with Crippen molar-refractivity contribution in [2.24, 2.45) is 0 Å². The largest absolute Gasteiger partial charge is 0.395 e. The second-order valence-electron chi connectivity index (χ2n) is 3.30. The average Bonchev–Trinajstić information content (AvgIpc) is 2.83. The highest BCUT2D eigenvalue weighted by molar-refractivity contribution is 7.87. The molecule has 1 aliphatic carbocycles. The van der Waals surface area contributed by atoms with Gasteiger partial charge in [0.05, 0.1) is 6.61 Å². The Balaban J connectivity index is 2.39. The summed E-state index contributed by atoms with van der Waals surface area (Å²) in [6, 6.07) is -0.273. The zero-order valence-electron chi connectivity index (χ0n) is 7.66. The molecule has 0 aromatic heterocycles. The Morgan fingerprint density at radius 3 is 2.54 bits per heavy atom. The summed E-state index contributed by atoms with van der Waals surface area (Å²) in [7, 11) is -3.40. The molecule has 1 fully saturated rings. The van der Waals surface area contributed by atoms with Crippen LogP contribution in [0.5, 0.6) is 0 Å². The molecule has 0 aliphatic heterocycles. The highest BCUT2D eigenvalue weighted by Gasteiger charge is 2.27. The molecule has 1 rings (SSSR count). The van der Waals surface area contributed by atoms with Crippen molar-refractivity contribution in [3.63, 3.8) is 0 Å². The molecular formula is C7H16N2O3S. The minimum Gasteiger partial charge on any atom is -0.395 e. The van der Waals surface area contributed by atoms with Gasteiger partial charge in [-0.2, -0.15) is 17.9 Å². The van der Waals surface area contributed by atoms with Crippen LogP contribution in [-0.2, 0) is 10.2 Å². The van der Waals surface area contributed by atoms with E-state index < -0.39 is 10.2 Å². The summed E-state index contributed by atoms with van der Waals surface area (Å²) < 4.78 is 27.4. The van der Waals surface area contributed by atoms with Crippen LogP contribution >= 0.6 is 0 Å². The minimum atomic E-state index is -3.40. The fraction of sp³-hybridized carbons (Fsp3) is 1.00. The van der Waals surface area contributed by atoms with Gasteiger partial charge < -0.3 is 5.11 Å². The normalized spacial score (nSPS) is 20.2. The summed E-state index contributed by atoms with van der Waals surface area (Å²) in [5, 5.41) is 8.78. The maximum absolute atomic E-state index is 11.3. The maximum atomic E-state index is 11.3. The molecule has 0 aromatic rings. The van der Waals surface area contributed by atoms with Crippen LogP contribution in [-0.4, -0.2) is 32.2 Å². The smallest absolute Gasteiger partial charge is 0.277 e. The molecule has 0 heterocycles. The van der Waals surface area contributed by atoms with Crippen molar-refractivity contribution in [2.45, 2.75) is 38.3 Å². The van der Waals surface area contributed by atoms with Crippen LogP contribution in [0.3, 0.4) is 0 Å². The predicted octanol–water partition coefficient (Wildman–Crippen LogP) is -0.656. The number of rotatable bonds is 6. The van der Waals surface area contributed by atoms with Gasteiger partial charge in [0.1, 0.15) is 0 Å². The summed E-state index contributed by atoms with van der Waals surface area (Å²) in [6.45, 7) is 1.66. The van der Waals surface area contributed by atoms with Gasteiger partial charge in [-0.25, -0.2) is 0 Å². The van der Waals surface area contributed by atoms with Crippen molar-refractivity contribution in [1.29, 1.82) is 0 Å². The van der Waals surface area contributed by atoms with Gasteiger partial charge in [0, 0.05) is 12.1 Å². The third-order valence-electron chi connectivity index (χ3n) is 1.93. The highest BCUT2D eigenvalue weighted by atomic mass is 32.2. The van der Waals surface area contributed by atoms with E-state index in [2.05, 4.69) is 9.44 Å². The fourth-order valence-electron chi connectivity index (χ4n) is 0.924. The second kappa shape index (κ2) is 4.36. The van der Waals surface area contributed by atoms with Crippen molar-refractivity contribution < 1.29 is 13.5 Å². The van der Waals surface area contributed by atoms with Crippen molar-refractivity contribution in [3.8, 4) is 0 Å². The van der Waals surface area contributed by atoms with Crippen LogP contribution in [0.2, 0.25) is 0 Å². The first kappa shape index (κ1) is 10.9. The molecule has 0 aromatic carbocycles. The van der Waals surface area contributed by atoms with Crippen LogP contribution in [0.4, 0.5) is 0 Å². The molecule has 3 N–H and O–H groups in total. The summed E-state index contributed by atoms with van der Waals surface area (Å²) in [6.07, 6.45) is 2.41. The molecule has 6 heteroatoms. The van der Waals surface area contributed by atoms with Crippen LogP contribution < -0.4 is 9.44 Å². The molecule has 0 saturated heterocycles. The van der Waals surface area contributed by atoms with Crippen molar-refractivity contribution in [1.82, 2.24) is 9.44 Å². The van der Waals surface area contributed by atoms with Crippen LogP contribution in [0.25, 0.3) is 0 Å². The lowest BCUT2D eigenvalue weighted by Crippen LogP contribution is -2.44. The van der Waals surface area contributed by atoms with E-state index in [0.717, 1.165) is 12.8 Å². The number of aliphatic hydroxyl groups is 1. The van der Waals surface area contributed by atoms with Crippen LogP contribution in [0, 0.1) is 0 Å². The average molecular weight is 208 g/mol. The molecule has 1 aliphatic rings. The number of aliphatic hydroxyl groups excluding tert-OH is 1. The van der Waals surface area contributed by atoms with E-state index >= 15 is 0 Å². The topological polar surface area (TPSA) is 78.4 Å². The summed E-state index contributed by atoms with van der Waals surface area (Å²) in [4.78, 5) is 0. The third kappa shape index (κ3) is 4.04. The van der Waals surface area contributed by atoms with Gasteiger partial charge in [0.2, 0.25) is 0 Å². The summed E-state index contributed by atoms with van der Waals surface area (Å²) in [5.74, 6) is 0. The monoisotopic (exact) mass is 208 g/mol. The lowest BCUT2D eigenvalue weighted by molar-refractivity contribution is 0.253. The van der Waals surface area contributed by atoms with Gasteiger partial charge >= 0.3 is 0 Å². The van der Waals surface area contributed by atoms with E-state index in [1.165, 1.54) is 0 Å². The Hall–Kier alpha value is -0.170. The molecule has 0 spiro atoms. The zero-order chi connectivity index (χ0) is 9.90. The summed E-state index contributed by atoms with van der Waals surface area (Å²) in [5.41, 5.74) is 0. The molecule has 13 heavy (non-hydrogen) atoms. The minimum absolute atomic E-state index is 0.105. The molecule has 0 bridgehead atoms. The first-order valence-electron chi connectivity index (χ1n) is 4.48. The molecule has 0 amide bonds. The number of nitrogens with one attached hydrogen (secondary N) is 2. The van der Waals surface area contributed by atoms with Crippen molar-refractivity contribution >= 4 is 10.2 Å². The first-order chi connectivity index (χ1) is 6.07. The number of hydrogen-bond donors (Lipinski definition) is 3. The first-order valence-corrected chi connectivity index (χ1v) is 5.96. The van der Waals surface area contributed by atoms with Gasteiger partial charge in [0.15, 0.2) is 0 Å². The predicted molar refractivity (Wildman–Crippen MR) is 49.4 cm³/mol. The Labute approximate surface area is 78.7 Å². The van der Waals surface area contributed by atoms with E-state index in [4.69, 9.17) is 5.11 Å². The molecule has 1 saturated carbocycles. The van der Waals surface area contributed by atoms with Gasteiger partial charge in [-0.15, -0.1) is 0 Å². The quantitative estimate of drug-likeness (QED) is 0.542.